The van der Waals surface area contributed by atoms with E-state index in [1.807, 2.05) is 6.07 Å². The van der Waals surface area contributed by atoms with E-state index in [9.17, 15) is 20.0 Å². The molecule has 2 aromatic rings. The van der Waals surface area contributed by atoms with Crippen LogP contribution in [0.25, 0.3) is 0 Å². The van der Waals surface area contributed by atoms with Crippen LogP contribution in [0, 0.1) is 17.0 Å². The van der Waals surface area contributed by atoms with Gasteiger partial charge in [-0.15, -0.1) is 0 Å². The number of aryl methyl sites for hydroxylation is 1. The minimum absolute atomic E-state index is 0.195. The van der Waals surface area contributed by atoms with Gasteiger partial charge in [0.15, 0.2) is 0 Å². The van der Waals surface area contributed by atoms with Crippen molar-refractivity contribution in [2.75, 3.05) is 5.32 Å². The van der Waals surface area contributed by atoms with Gasteiger partial charge in [0.2, 0.25) is 0 Å². The third-order valence-electron chi connectivity index (χ3n) is 2.87. The fourth-order valence-electron chi connectivity index (χ4n) is 1.78. The summed E-state index contributed by atoms with van der Waals surface area (Å²) in [5.74, 6) is -0.865. The number of amides is 1. The van der Waals surface area contributed by atoms with Crippen LogP contribution in [-0.4, -0.2) is 15.9 Å². The maximum Gasteiger partial charge on any atom is 0.282 e. The second-order valence-electron chi connectivity index (χ2n) is 4.37. The Morgan fingerprint density at radius 2 is 2.00 bits per heavy atom. The molecule has 0 aromatic heterocycles. The van der Waals surface area contributed by atoms with Crippen molar-refractivity contribution < 1.29 is 14.8 Å². The van der Waals surface area contributed by atoms with Gasteiger partial charge in [-0.05, 0) is 36.8 Å². The highest BCUT2D eigenvalue weighted by molar-refractivity contribution is 9.10. The summed E-state index contributed by atoms with van der Waals surface area (Å²) in [6, 6.07) is 8.65. The Morgan fingerprint density at radius 3 is 2.67 bits per heavy atom. The fourth-order valence-corrected chi connectivity index (χ4v) is 2.14. The first kappa shape index (κ1) is 15.0. The van der Waals surface area contributed by atoms with E-state index in [4.69, 9.17) is 0 Å². The predicted octanol–water partition coefficient (Wildman–Crippen LogP) is 3.62. The highest BCUT2D eigenvalue weighted by atomic mass is 79.9. The molecule has 1 amide bonds. The number of nitro benzene ring substituents is 1. The van der Waals surface area contributed by atoms with Gasteiger partial charge in [-0.2, -0.15) is 0 Å². The number of carbonyl (C=O) groups excluding carboxylic acids is 1. The Morgan fingerprint density at radius 1 is 1.29 bits per heavy atom. The van der Waals surface area contributed by atoms with Crippen molar-refractivity contribution in [3.05, 3.63) is 62.1 Å². The van der Waals surface area contributed by atoms with Crippen LogP contribution in [0.1, 0.15) is 15.9 Å². The third-order valence-corrected chi connectivity index (χ3v) is 3.36. The standard InChI is InChI=1S/C14H11BrN2O4/c1-8-2-3-9(15)6-12(8)16-14(19)11-7-10(18)4-5-13(11)17(20)21/h2-7,18H,1H3,(H,16,19). The summed E-state index contributed by atoms with van der Waals surface area (Å²) in [6.45, 7) is 1.80. The van der Waals surface area contributed by atoms with Crippen LogP contribution in [0.15, 0.2) is 40.9 Å². The van der Waals surface area contributed by atoms with Crippen molar-refractivity contribution in [1.82, 2.24) is 0 Å². The van der Waals surface area contributed by atoms with Gasteiger partial charge in [-0.1, -0.05) is 22.0 Å². The lowest BCUT2D eigenvalue weighted by Gasteiger charge is -2.09. The molecule has 0 saturated heterocycles. The molecule has 2 rings (SSSR count). The maximum atomic E-state index is 12.2. The maximum absolute atomic E-state index is 12.2. The molecule has 0 aliphatic carbocycles. The summed E-state index contributed by atoms with van der Waals surface area (Å²) >= 11 is 3.29. The van der Waals surface area contributed by atoms with Crippen LogP contribution in [0.4, 0.5) is 11.4 Å². The zero-order valence-corrected chi connectivity index (χ0v) is 12.5. The molecule has 2 aromatic carbocycles. The number of phenols is 1. The quantitative estimate of drug-likeness (QED) is 0.652. The molecule has 21 heavy (non-hydrogen) atoms. The number of rotatable bonds is 3. The Hall–Kier alpha value is -2.41. The number of nitro groups is 1. The number of hydrogen-bond acceptors (Lipinski definition) is 4. The van der Waals surface area contributed by atoms with E-state index < -0.39 is 10.8 Å². The lowest BCUT2D eigenvalue weighted by molar-refractivity contribution is -0.385. The number of nitrogens with one attached hydrogen (secondary N) is 1. The minimum atomic E-state index is -0.665. The number of aromatic hydroxyl groups is 1. The van der Waals surface area contributed by atoms with Crippen LogP contribution < -0.4 is 5.32 Å². The highest BCUT2D eigenvalue weighted by Crippen LogP contribution is 2.26. The molecule has 6 nitrogen and oxygen atoms in total. The number of phenolic OH excluding ortho intramolecular Hbond substituents is 1. The first-order valence-corrected chi connectivity index (χ1v) is 6.72. The summed E-state index contributed by atoms with van der Waals surface area (Å²) < 4.78 is 0.772. The molecule has 2 N–H and O–H groups in total. The van der Waals surface area contributed by atoms with E-state index in [1.165, 1.54) is 6.07 Å². The van der Waals surface area contributed by atoms with E-state index in [0.29, 0.717) is 5.69 Å². The van der Waals surface area contributed by atoms with Gasteiger partial charge in [-0.25, -0.2) is 0 Å². The Bertz CT molecular complexity index is 731. The molecular weight excluding hydrogens is 340 g/mol. The smallest absolute Gasteiger partial charge is 0.282 e. The van der Waals surface area contributed by atoms with Gasteiger partial charge in [-0.3, -0.25) is 14.9 Å². The van der Waals surface area contributed by atoms with Crippen molar-refractivity contribution in [2.45, 2.75) is 6.92 Å². The van der Waals surface area contributed by atoms with E-state index in [2.05, 4.69) is 21.2 Å². The second-order valence-corrected chi connectivity index (χ2v) is 5.29. The summed E-state index contributed by atoms with van der Waals surface area (Å²) in [5, 5.41) is 23.0. The second kappa shape index (κ2) is 5.92. The highest BCUT2D eigenvalue weighted by Gasteiger charge is 2.21. The Labute approximate surface area is 128 Å². The Kier molecular flexibility index (Phi) is 4.23. The number of nitrogens with zero attached hydrogens (tertiary/aromatic N) is 1. The van der Waals surface area contributed by atoms with E-state index in [-0.39, 0.29) is 17.0 Å². The molecule has 0 fully saturated rings. The molecule has 108 valence electrons. The van der Waals surface area contributed by atoms with Crippen LogP contribution in [-0.2, 0) is 0 Å². The topological polar surface area (TPSA) is 92.5 Å². The summed E-state index contributed by atoms with van der Waals surface area (Å²) in [5.41, 5.74) is 0.790. The molecule has 0 aliphatic heterocycles. The van der Waals surface area contributed by atoms with Crippen LogP contribution >= 0.6 is 15.9 Å². The summed E-state index contributed by atoms with van der Waals surface area (Å²) in [4.78, 5) is 22.5. The lowest BCUT2D eigenvalue weighted by atomic mass is 10.1. The van der Waals surface area contributed by atoms with Crippen LogP contribution in [0.3, 0.4) is 0 Å². The normalized spacial score (nSPS) is 10.2. The number of carbonyl (C=O) groups is 1. The van der Waals surface area contributed by atoms with Crippen molar-refractivity contribution in [3.8, 4) is 5.75 Å². The number of hydrogen-bond donors (Lipinski definition) is 2. The minimum Gasteiger partial charge on any atom is -0.508 e. The first-order chi connectivity index (χ1) is 9.88. The number of halogens is 1. The van der Waals surface area contributed by atoms with Gasteiger partial charge in [0, 0.05) is 16.2 Å². The van der Waals surface area contributed by atoms with Gasteiger partial charge < -0.3 is 10.4 Å². The largest absolute Gasteiger partial charge is 0.508 e. The number of anilines is 1. The zero-order chi connectivity index (χ0) is 15.6. The van der Waals surface area contributed by atoms with Gasteiger partial charge in [0.25, 0.3) is 11.6 Å². The third kappa shape index (κ3) is 3.38. The molecule has 0 spiro atoms. The molecule has 0 radical (unpaired) electrons. The molecule has 7 heteroatoms. The average Bonchev–Trinajstić information content (AvgIpc) is 2.42. The van der Waals surface area contributed by atoms with Crippen molar-refractivity contribution in [3.63, 3.8) is 0 Å². The van der Waals surface area contributed by atoms with E-state index in [1.54, 1.807) is 19.1 Å². The average molecular weight is 351 g/mol. The SMILES string of the molecule is Cc1ccc(Br)cc1NC(=O)c1cc(O)ccc1[N+](=O)[O-]. The van der Waals surface area contributed by atoms with Crippen molar-refractivity contribution in [1.29, 1.82) is 0 Å². The lowest BCUT2D eigenvalue weighted by Crippen LogP contribution is -2.14. The summed E-state index contributed by atoms with van der Waals surface area (Å²) in [6.07, 6.45) is 0. The Balaban J connectivity index is 2.39. The zero-order valence-electron chi connectivity index (χ0n) is 11.0. The predicted molar refractivity (Wildman–Crippen MR) is 81.6 cm³/mol. The molecular formula is C14H11BrN2O4. The van der Waals surface area contributed by atoms with E-state index in [0.717, 1.165) is 22.2 Å². The molecule has 0 unspecified atom stereocenters. The molecule has 0 bridgehead atoms. The van der Waals surface area contributed by atoms with Gasteiger partial charge >= 0.3 is 0 Å². The van der Waals surface area contributed by atoms with E-state index >= 15 is 0 Å². The first-order valence-electron chi connectivity index (χ1n) is 5.93. The molecule has 0 heterocycles. The van der Waals surface area contributed by atoms with Crippen molar-refractivity contribution >= 4 is 33.2 Å². The summed E-state index contributed by atoms with van der Waals surface area (Å²) in [7, 11) is 0. The molecule has 0 saturated carbocycles. The monoisotopic (exact) mass is 350 g/mol. The van der Waals surface area contributed by atoms with Gasteiger partial charge in [0.05, 0.1) is 4.92 Å². The van der Waals surface area contributed by atoms with Crippen LogP contribution in [0.5, 0.6) is 5.75 Å². The van der Waals surface area contributed by atoms with Gasteiger partial charge in [0.1, 0.15) is 11.3 Å². The fraction of sp³-hybridized carbons (Fsp3) is 0.0714. The number of benzene rings is 2. The van der Waals surface area contributed by atoms with Crippen LogP contribution in [0.2, 0.25) is 0 Å². The van der Waals surface area contributed by atoms with Crippen molar-refractivity contribution in [2.24, 2.45) is 0 Å². The molecule has 0 aliphatic rings. The molecule has 0 atom stereocenters.